The summed E-state index contributed by atoms with van der Waals surface area (Å²) in [5, 5.41) is 9.25. The first-order chi connectivity index (χ1) is 13.3. The number of aliphatic imine (C=N–C) groups is 1. The van der Waals surface area contributed by atoms with E-state index in [4.69, 9.17) is 9.73 Å². The van der Waals surface area contributed by atoms with Crippen LogP contribution in [0, 0.1) is 5.41 Å². The van der Waals surface area contributed by atoms with Crippen LogP contribution >= 0.6 is 11.3 Å². The van der Waals surface area contributed by atoms with Crippen LogP contribution in [0.2, 0.25) is 0 Å². The third kappa shape index (κ3) is 6.19. The van der Waals surface area contributed by atoms with Gasteiger partial charge in [-0.25, -0.2) is 0 Å². The largest absolute Gasteiger partial charge is 0.382 e. The number of nitrogens with zero attached hydrogens (tertiary/aromatic N) is 2. The van der Waals surface area contributed by atoms with Crippen LogP contribution in [0.4, 0.5) is 0 Å². The third-order valence-corrected chi connectivity index (χ3v) is 6.74. The molecular formula is C21H36N4OS. The number of rotatable bonds is 11. The molecule has 3 rings (SSSR count). The summed E-state index contributed by atoms with van der Waals surface area (Å²) in [5.74, 6) is 0.959. The van der Waals surface area contributed by atoms with E-state index in [1.165, 1.54) is 43.6 Å². The number of guanidine groups is 1. The Kier molecular flexibility index (Phi) is 7.97. The van der Waals surface area contributed by atoms with Crippen molar-refractivity contribution in [3.63, 3.8) is 0 Å². The Bertz CT molecular complexity index is 565. The van der Waals surface area contributed by atoms with Gasteiger partial charge in [0.05, 0.1) is 6.04 Å². The first-order valence-corrected chi connectivity index (χ1v) is 11.5. The lowest BCUT2D eigenvalue weighted by atomic mass is 10.0. The van der Waals surface area contributed by atoms with E-state index in [0.717, 1.165) is 45.2 Å². The molecular weight excluding hydrogens is 356 g/mol. The Labute approximate surface area is 168 Å². The molecule has 1 aliphatic heterocycles. The number of thiophene rings is 1. The zero-order chi connectivity index (χ0) is 19.0. The molecule has 1 aliphatic carbocycles. The molecule has 1 aromatic heterocycles. The maximum atomic E-state index is 5.56. The van der Waals surface area contributed by atoms with Gasteiger partial charge in [0, 0.05) is 37.7 Å². The average molecular weight is 393 g/mol. The fourth-order valence-corrected chi connectivity index (χ4v) is 4.68. The number of nitrogens with one attached hydrogen (secondary N) is 2. The van der Waals surface area contributed by atoms with E-state index in [9.17, 15) is 0 Å². The summed E-state index contributed by atoms with van der Waals surface area (Å²) in [4.78, 5) is 9.00. The van der Waals surface area contributed by atoms with E-state index < -0.39 is 0 Å². The van der Waals surface area contributed by atoms with E-state index in [0.29, 0.717) is 11.5 Å². The molecule has 0 spiro atoms. The molecule has 6 heteroatoms. The van der Waals surface area contributed by atoms with Gasteiger partial charge >= 0.3 is 0 Å². The summed E-state index contributed by atoms with van der Waals surface area (Å²) < 4.78 is 5.56. The normalized spacial score (nSPS) is 20.6. The summed E-state index contributed by atoms with van der Waals surface area (Å²) in [6, 6.07) is 4.88. The predicted octanol–water partition coefficient (Wildman–Crippen LogP) is 3.65. The van der Waals surface area contributed by atoms with Crippen LogP contribution in [0.25, 0.3) is 0 Å². The molecule has 2 heterocycles. The van der Waals surface area contributed by atoms with Crippen LogP contribution in [0.1, 0.15) is 56.9 Å². The second kappa shape index (κ2) is 10.4. The maximum absolute atomic E-state index is 5.56. The van der Waals surface area contributed by atoms with Crippen molar-refractivity contribution >= 4 is 17.3 Å². The first-order valence-electron chi connectivity index (χ1n) is 10.6. The topological polar surface area (TPSA) is 48.9 Å². The summed E-state index contributed by atoms with van der Waals surface area (Å²) in [5.41, 5.74) is 0.389. The molecule has 27 heavy (non-hydrogen) atoms. The van der Waals surface area contributed by atoms with E-state index in [1.54, 1.807) is 0 Å². The Morgan fingerprint density at radius 1 is 1.30 bits per heavy atom. The molecule has 2 fully saturated rings. The molecule has 0 bridgehead atoms. The van der Waals surface area contributed by atoms with Crippen molar-refractivity contribution in [2.75, 3.05) is 45.9 Å². The molecule has 1 atom stereocenters. The minimum Gasteiger partial charge on any atom is -0.382 e. The van der Waals surface area contributed by atoms with Crippen LogP contribution < -0.4 is 10.6 Å². The smallest absolute Gasteiger partial charge is 0.191 e. The third-order valence-electron chi connectivity index (χ3n) is 5.77. The quantitative estimate of drug-likeness (QED) is 0.343. The van der Waals surface area contributed by atoms with Crippen LogP contribution in [-0.4, -0.2) is 56.8 Å². The number of likely N-dealkylation sites (tertiary alicyclic amines) is 1. The van der Waals surface area contributed by atoms with Gasteiger partial charge in [0.25, 0.3) is 0 Å². The Morgan fingerprint density at radius 2 is 2.11 bits per heavy atom. The summed E-state index contributed by atoms with van der Waals surface area (Å²) in [6.07, 6.45) is 6.34. The van der Waals surface area contributed by atoms with E-state index in [-0.39, 0.29) is 0 Å². The molecule has 5 nitrogen and oxygen atoms in total. The molecule has 2 N–H and O–H groups in total. The maximum Gasteiger partial charge on any atom is 0.191 e. The van der Waals surface area contributed by atoms with Crippen LogP contribution in [0.3, 0.4) is 0 Å². The van der Waals surface area contributed by atoms with Crippen molar-refractivity contribution in [3.05, 3.63) is 22.4 Å². The molecule has 0 amide bonds. The van der Waals surface area contributed by atoms with Gasteiger partial charge in [0.15, 0.2) is 5.96 Å². The van der Waals surface area contributed by atoms with Crippen molar-refractivity contribution in [1.82, 2.24) is 15.5 Å². The molecule has 1 saturated heterocycles. The van der Waals surface area contributed by atoms with Crippen molar-refractivity contribution in [2.24, 2.45) is 10.4 Å². The van der Waals surface area contributed by atoms with E-state index in [1.807, 2.05) is 11.3 Å². The minimum atomic E-state index is 0.389. The van der Waals surface area contributed by atoms with Gasteiger partial charge in [-0.15, -0.1) is 11.3 Å². The van der Waals surface area contributed by atoms with Gasteiger partial charge in [0.2, 0.25) is 0 Å². The standard InChI is InChI=1S/C21H36N4OS/c1-3-22-20(24-17-21(9-10-21)11-14-26-4-2)23-16-18(19-8-7-15-27-19)25-12-5-6-13-25/h7-8,15,18H,3-6,9-14,16-17H2,1-2H3,(H2,22,23,24). The number of hydrogen-bond acceptors (Lipinski definition) is 4. The molecule has 1 saturated carbocycles. The highest BCUT2D eigenvalue weighted by molar-refractivity contribution is 7.10. The van der Waals surface area contributed by atoms with Crippen molar-refractivity contribution < 1.29 is 4.74 Å². The highest BCUT2D eigenvalue weighted by Crippen LogP contribution is 2.49. The Balaban J connectivity index is 1.56. The number of hydrogen-bond donors (Lipinski definition) is 2. The lowest BCUT2D eigenvalue weighted by Gasteiger charge is -2.27. The zero-order valence-corrected chi connectivity index (χ0v) is 17.8. The first kappa shape index (κ1) is 20.6. The van der Waals surface area contributed by atoms with Gasteiger partial charge in [-0.3, -0.25) is 9.89 Å². The van der Waals surface area contributed by atoms with Gasteiger partial charge in [-0.1, -0.05) is 6.07 Å². The fourth-order valence-electron chi connectivity index (χ4n) is 3.82. The van der Waals surface area contributed by atoms with Gasteiger partial charge in [0.1, 0.15) is 0 Å². The van der Waals surface area contributed by atoms with Crippen molar-refractivity contribution in [3.8, 4) is 0 Å². The van der Waals surface area contributed by atoms with Gasteiger partial charge < -0.3 is 15.4 Å². The van der Waals surface area contributed by atoms with Gasteiger partial charge in [-0.2, -0.15) is 0 Å². The zero-order valence-electron chi connectivity index (χ0n) is 17.0. The Morgan fingerprint density at radius 3 is 2.74 bits per heavy atom. The molecule has 152 valence electrons. The highest BCUT2D eigenvalue weighted by Gasteiger charge is 2.41. The van der Waals surface area contributed by atoms with Crippen molar-refractivity contribution in [2.45, 2.75) is 52.0 Å². The second-order valence-corrected chi connectivity index (χ2v) is 8.78. The van der Waals surface area contributed by atoms with Crippen LogP contribution in [-0.2, 0) is 4.74 Å². The monoisotopic (exact) mass is 392 g/mol. The lowest BCUT2D eigenvalue weighted by molar-refractivity contribution is 0.129. The van der Waals surface area contributed by atoms with Crippen LogP contribution in [0.5, 0.6) is 0 Å². The summed E-state index contributed by atoms with van der Waals surface area (Å²) in [7, 11) is 0. The molecule has 1 unspecified atom stereocenters. The van der Waals surface area contributed by atoms with Crippen molar-refractivity contribution in [1.29, 1.82) is 0 Å². The minimum absolute atomic E-state index is 0.389. The van der Waals surface area contributed by atoms with Gasteiger partial charge in [-0.05, 0) is 75.9 Å². The summed E-state index contributed by atoms with van der Waals surface area (Å²) in [6.45, 7) is 11.0. The highest BCUT2D eigenvalue weighted by atomic mass is 32.1. The fraction of sp³-hybridized carbons (Fsp3) is 0.762. The molecule has 1 aromatic rings. The molecule has 2 aliphatic rings. The Hall–Kier alpha value is -1.11. The molecule has 0 aromatic carbocycles. The van der Waals surface area contributed by atoms with Crippen LogP contribution in [0.15, 0.2) is 22.5 Å². The van der Waals surface area contributed by atoms with E-state index >= 15 is 0 Å². The average Bonchev–Trinajstić information content (AvgIpc) is 3.09. The molecule has 0 radical (unpaired) electrons. The predicted molar refractivity (Wildman–Crippen MR) is 115 cm³/mol. The number of ether oxygens (including phenoxy) is 1. The second-order valence-electron chi connectivity index (χ2n) is 7.80. The van der Waals surface area contributed by atoms with E-state index in [2.05, 4.69) is 46.9 Å². The lowest BCUT2D eigenvalue weighted by Crippen LogP contribution is -2.42. The SMILES string of the molecule is CCNC(=NCC1(CCOCC)CC1)NCC(c1cccs1)N1CCCC1. The summed E-state index contributed by atoms with van der Waals surface area (Å²) >= 11 is 1.87.